The third-order valence-corrected chi connectivity index (χ3v) is 5.65. The summed E-state index contributed by atoms with van der Waals surface area (Å²) in [5.74, 6) is -1.17. The molecule has 0 heterocycles. The Kier molecular flexibility index (Phi) is 6.81. The number of hydrogen-bond acceptors (Lipinski definition) is 5. The van der Waals surface area contributed by atoms with Crippen LogP contribution in [-0.2, 0) is 14.8 Å². The number of ketones is 1. The molecule has 144 valence electrons. The molecule has 0 unspecified atom stereocenters. The average molecular weight is 393 g/mol. The Morgan fingerprint density at radius 1 is 0.963 bits per heavy atom. The molecule has 2 rings (SSSR count). The van der Waals surface area contributed by atoms with Crippen molar-refractivity contribution in [1.29, 1.82) is 0 Å². The van der Waals surface area contributed by atoms with Gasteiger partial charge in [-0.05, 0) is 55.0 Å². The van der Waals surface area contributed by atoms with Crippen molar-refractivity contribution in [3.63, 3.8) is 0 Å². The largest absolute Gasteiger partial charge is 0.462 e. The second kappa shape index (κ2) is 8.88. The Hall–Kier alpha value is -2.58. The number of esters is 1. The summed E-state index contributed by atoms with van der Waals surface area (Å²) in [5, 5.41) is 0. The molecule has 0 radical (unpaired) electrons. The third kappa shape index (κ3) is 5.45. The van der Waals surface area contributed by atoms with E-state index in [-0.39, 0.29) is 29.3 Å². The van der Waals surface area contributed by atoms with E-state index in [2.05, 4.69) is 0 Å². The second-order valence-corrected chi connectivity index (χ2v) is 8.13. The van der Waals surface area contributed by atoms with Crippen LogP contribution in [0, 0.1) is 5.82 Å². The van der Waals surface area contributed by atoms with Crippen molar-refractivity contribution >= 4 is 21.8 Å². The van der Waals surface area contributed by atoms with Gasteiger partial charge in [0.1, 0.15) is 5.82 Å². The Bertz CT molecular complexity index is 906. The van der Waals surface area contributed by atoms with Crippen LogP contribution in [0.5, 0.6) is 0 Å². The van der Waals surface area contributed by atoms with Crippen LogP contribution in [0.15, 0.2) is 53.4 Å². The van der Waals surface area contributed by atoms with Crippen LogP contribution in [0.25, 0.3) is 0 Å². The van der Waals surface area contributed by atoms with Crippen LogP contribution in [0.3, 0.4) is 0 Å². The highest BCUT2D eigenvalue weighted by molar-refractivity contribution is 7.89. The van der Waals surface area contributed by atoms with Crippen LogP contribution in [0.2, 0.25) is 0 Å². The maximum Gasteiger partial charge on any atom is 0.338 e. The van der Waals surface area contributed by atoms with Gasteiger partial charge in [0.05, 0.1) is 17.1 Å². The fourth-order valence-electron chi connectivity index (χ4n) is 2.23. The SMILES string of the molecule is CN(C)S(=O)(=O)c1ccc(C(=O)OCCCC(=O)c2ccc(F)cc2)cc1. The molecule has 2 aromatic carbocycles. The molecule has 0 bridgehead atoms. The van der Waals surface area contributed by atoms with Crippen LogP contribution in [0.1, 0.15) is 33.6 Å². The molecular formula is C19H20FNO5S. The van der Waals surface area contributed by atoms with Crippen LogP contribution < -0.4 is 0 Å². The molecule has 0 spiro atoms. The standard InChI is InChI=1S/C19H20FNO5S/c1-21(2)27(24,25)17-11-7-15(8-12-17)19(23)26-13-3-4-18(22)14-5-9-16(20)10-6-14/h5-12H,3-4,13H2,1-2H3. The smallest absolute Gasteiger partial charge is 0.338 e. The molecule has 0 aliphatic carbocycles. The van der Waals surface area contributed by atoms with E-state index in [4.69, 9.17) is 4.74 Å². The van der Waals surface area contributed by atoms with E-state index in [1.807, 2.05) is 0 Å². The first-order valence-electron chi connectivity index (χ1n) is 8.20. The van der Waals surface area contributed by atoms with Gasteiger partial charge < -0.3 is 4.74 Å². The van der Waals surface area contributed by atoms with Crippen molar-refractivity contribution in [2.45, 2.75) is 17.7 Å². The van der Waals surface area contributed by atoms with Gasteiger partial charge in [0.25, 0.3) is 0 Å². The molecule has 0 N–H and O–H groups in total. The molecule has 0 fully saturated rings. The molecule has 0 aromatic heterocycles. The minimum atomic E-state index is -3.56. The highest BCUT2D eigenvalue weighted by atomic mass is 32.2. The number of ether oxygens (including phenoxy) is 1. The Morgan fingerprint density at radius 3 is 2.07 bits per heavy atom. The monoisotopic (exact) mass is 393 g/mol. The number of sulfonamides is 1. The predicted octanol–water partition coefficient (Wildman–Crippen LogP) is 2.90. The lowest BCUT2D eigenvalue weighted by atomic mass is 10.1. The zero-order valence-corrected chi connectivity index (χ0v) is 15.8. The number of benzene rings is 2. The molecule has 0 saturated heterocycles. The first-order valence-corrected chi connectivity index (χ1v) is 9.64. The zero-order chi connectivity index (χ0) is 20.0. The van der Waals surface area contributed by atoms with Gasteiger partial charge in [-0.2, -0.15) is 0 Å². The summed E-state index contributed by atoms with van der Waals surface area (Å²) in [6.07, 6.45) is 0.494. The fraction of sp³-hybridized carbons (Fsp3) is 0.263. The first kappa shape index (κ1) is 20.7. The number of rotatable bonds is 8. The van der Waals surface area contributed by atoms with E-state index >= 15 is 0 Å². The van der Waals surface area contributed by atoms with Crippen molar-refractivity contribution in [2.24, 2.45) is 0 Å². The van der Waals surface area contributed by atoms with Crippen LogP contribution in [-0.4, -0.2) is 45.2 Å². The molecule has 8 heteroatoms. The second-order valence-electron chi connectivity index (χ2n) is 5.98. The lowest BCUT2D eigenvalue weighted by molar-refractivity contribution is 0.0494. The molecular weight excluding hydrogens is 373 g/mol. The lowest BCUT2D eigenvalue weighted by Crippen LogP contribution is -2.22. The maximum absolute atomic E-state index is 12.8. The van der Waals surface area contributed by atoms with Crippen molar-refractivity contribution in [3.8, 4) is 0 Å². The molecule has 27 heavy (non-hydrogen) atoms. The minimum Gasteiger partial charge on any atom is -0.462 e. The number of hydrogen-bond donors (Lipinski definition) is 0. The van der Waals surface area contributed by atoms with E-state index in [1.165, 1.54) is 62.6 Å². The molecule has 0 saturated carbocycles. The lowest BCUT2D eigenvalue weighted by Gasteiger charge is -2.11. The summed E-state index contributed by atoms with van der Waals surface area (Å²) >= 11 is 0. The summed E-state index contributed by atoms with van der Waals surface area (Å²) in [6.45, 7) is 0.0452. The number of halogens is 1. The van der Waals surface area contributed by atoms with Gasteiger partial charge in [0, 0.05) is 26.1 Å². The summed E-state index contributed by atoms with van der Waals surface area (Å²) in [7, 11) is -0.716. The van der Waals surface area contributed by atoms with Crippen LogP contribution >= 0.6 is 0 Å². The van der Waals surface area contributed by atoms with E-state index < -0.39 is 21.8 Å². The number of carbonyl (C=O) groups excluding carboxylic acids is 2. The van der Waals surface area contributed by atoms with Crippen LogP contribution in [0.4, 0.5) is 4.39 Å². The van der Waals surface area contributed by atoms with E-state index in [0.29, 0.717) is 12.0 Å². The van der Waals surface area contributed by atoms with Crippen molar-refractivity contribution in [3.05, 3.63) is 65.5 Å². The highest BCUT2D eigenvalue weighted by Gasteiger charge is 2.18. The number of carbonyl (C=O) groups is 2. The van der Waals surface area contributed by atoms with E-state index in [9.17, 15) is 22.4 Å². The molecule has 0 aliphatic rings. The van der Waals surface area contributed by atoms with E-state index in [0.717, 1.165) is 4.31 Å². The van der Waals surface area contributed by atoms with Crippen molar-refractivity contribution < 1.29 is 27.1 Å². The van der Waals surface area contributed by atoms with Gasteiger partial charge in [0.2, 0.25) is 10.0 Å². The minimum absolute atomic E-state index is 0.0452. The van der Waals surface area contributed by atoms with Gasteiger partial charge in [-0.3, -0.25) is 4.79 Å². The Balaban J connectivity index is 1.84. The maximum atomic E-state index is 12.8. The molecule has 0 aliphatic heterocycles. The molecule has 2 aromatic rings. The summed E-state index contributed by atoms with van der Waals surface area (Å²) in [4.78, 5) is 24.0. The van der Waals surface area contributed by atoms with E-state index in [1.54, 1.807) is 0 Å². The molecule has 6 nitrogen and oxygen atoms in total. The third-order valence-electron chi connectivity index (χ3n) is 3.82. The quantitative estimate of drug-likeness (QED) is 0.391. The zero-order valence-electron chi connectivity index (χ0n) is 15.0. The predicted molar refractivity (Wildman–Crippen MR) is 97.6 cm³/mol. The van der Waals surface area contributed by atoms with Crippen molar-refractivity contribution in [2.75, 3.05) is 20.7 Å². The van der Waals surface area contributed by atoms with Gasteiger partial charge in [-0.1, -0.05) is 0 Å². The van der Waals surface area contributed by atoms with Gasteiger partial charge in [-0.25, -0.2) is 21.9 Å². The van der Waals surface area contributed by atoms with Gasteiger partial charge in [0.15, 0.2) is 5.78 Å². The highest BCUT2D eigenvalue weighted by Crippen LogP contribution is 2.15. The number of Topliss-reactive ketones (excluding diaryl/α,β-unsaturated/α-hetero) is 1. The Labute approximate surface area is 157 Å². The normalized spacial score (nSPS) is 11.4. The summed E-state index contributed by atoms with van der Waals surface area (Å²) in [6, 6.07) is 10.7. The Morgan fingerprint density at radius 2 is 1.52 bits per heavy atom. The molecule has 0 amide bonds. The van der Waals surface area contributed by atoms with Gasteiger partial charge in [-0.15, -0.1) is 0 Å². The number of nitrogens with zero attached hydrogens (tertiary/aromatic N) is 1. The average Bonchev–Trinajstić information content (AvgIpc) is 2.65. The summed E-state index contributed by atoms with van der Waals surface area (Å²) < 4.78 is 43.0. The molecule has 0 atom stereocenters. The fourth-order valence-corrected chi connectivity index (χ4v) is 3.14. The first-order chi connectivity index (χ1) is 12.7. The summed E-state index contributed by atoms with van der Waals surface area (Å²) in [5.41, 5.74) is 0.623. The van der Waals surface area contributed by atoms with Gasteiger partial charge >= 0.3 is 5.97 Å². The topological polar surface area (TPSA) is 80.8 Å². The van der Waals surface area contributed by atoms with Crippen molar-refractivity contribution in [1.82, 2.24) is 4.31 Å².